The summed E-state index contributed by atoms with van der Waals surface area (Å²) < 4.78 is 40.9. The third kappa shape index (κ3) is 3.84. The van der Waals surface area contributed by atoms with Crippen LogP contribution in [0.2, 0.25) is 5.02 Å². The predicted molar refractivity (Wildman–Crippen MR) is 80.9 cm³/mol. The van der Waals surface area contributed by atoms with Gasteiger partial charge in [0, 0.05) is 26.0 Å². The molecule has 0 aliphatic rings. The van der Waals surface area contributed by atoms with Crippen molar-refractivity contribution in [2.24, 2.45) is 7.05 Å². The van der Waals surface area contributed by atoms with Crippen LogP contribution in [-0.2, 0) is 29.4 Å². The van der Waals surface area contributed by atoms with E-state index in [0.29, 0.717) is 5.56 Å². The highest BCUT2D eigenvalue weighted by Gasteiger charge is 2.20. The van der Waals surface area contributed by atoms with E-state index < -0.39 is 15.8 Å². The molecule has 0 aliphatic carbocycles. The van der Waals surface area contributed by atoms with Crippen LogP contribution in [0.5, 0.6) is 0 Å². The molecule has 0 saturated heterocycles. The Balaban J connectivity index is 2.13. The van der Waals surface area contributed by atoms with Crippen molar-refractivity contribution in [1.29, 1.82) is 0 Å². The van der Waals surface area contributed by atoms with Crippen molar-refractivity contribution in [3.05, 3.63) is 58.6 Å². The zero-order valence-corrected chi connectivity index (χ0v) is 13.3. The van der Waals surface area contributed by atoms with Crippen LogP contribution in [0.3, 0.4) is 0 Å². The molecule has 7 heteroatoms. The first-order valence-corrected chi connectivity index (χ1v) is 8.26. The fourth-order valence-corrected chi connectivity index (χ4v) is 3.29. The van der Waals surface area contributed by atoms with Gasteiger partial charge in [0.15, 0.2) is 0 Å². The number of halogens is 2. The van der Waals surface area contributed by atoms with Gasteiger partial charge in [0.2, 0.25) is 10.0 Å². The molecule has 1 aromatic carbocycles. The van der Waals surface area contributed by atoms with Gasteiger partial charge in [-0.25, -0.2) is 12.8 Å². The lowest BCUT2D eigenvalue weighted by Gasteiger charge is -2.17. The van der Waals surface area contributed by atoms with Gasteiger partial charge in [0.1, 0.15) is 5.82 Å². The Hall–Kier alpha value is -1.37. The third-order valence-electron chi connectivity index (χ3n) is 3.24. The maximum Gasteiger partial charge on any atom is 0.218 e. The summed E-state index contributed by atoms with van der Waals surface area (Å²) in [6.45, 7) is 0.279. The van der Waals surface area contributed by atoms with Gasteiger partial charge >= 0.3 is 0 Å². The largest absolute Gasteiger partial charge is 0.353 e. The minimum absolute atomic E-state index is 0.0761. The van der Waals surface area contributed by atoms with E-state index in [1.807, 2.05) is 29.9 Å². The Morgan fingerprint density at radius 1 is 1.33 bits per heavy atom. The lowest BCUT2D eigenvalue weighted by molar-refractivity contribution is 0.456. The van der Waals surface area contributed by atoms with E-state index in [2.05, 4.69) is 0 Å². The van der Waals surface area contributed by atoms with Gasteiger partial charge < -0.3 is 4.57 Å². The van der Waals surface area contributed by atoms with Gasteiger partial charge in [0.05, 0.1) is 17.3 Å². The van der Waals surface area contributed by atoms with Gasteiger partial charge in [-0.15, -0.1) is 0 Å². The molecule has 2 rings (SSSR count). The average Bonchev–Trinajstić information content (AvgIpc) is 2.79. The van der Waals surface area contributed by atoms with Crippen molar-refractivity contribution in [2.75, 3.05) is 7.05 Å². The number of sulfonamides is 1. The number of hydrogen-bond donors (Lipinski definition) is 0. The molecule has 0 aliphatic heterocycles. The Labute approximate surface area is 128 Å². The average molecular weight is 331 g/mol. The van der Waals surface area contributed by atoms with Crippen molar-refractivity contribution < 1.29 is 12.8 Å². The summed E-state index contributed by atoms with van der Waals surface area (Å²) in [6.07, 6.45) is 1.86. The van der Waals surface area contributed by atoms with Crippen LogP contribution in [0.4, 0.5) is 4.39 Å². The molecule has 0 N–H and O–H groups in total. The fraction of sp³-hybridized carbons (Fsp3) is 0.286. The summed E-state index contributed by atoms with van der Waals surface area (Å²) in [4.78, 5) is 0. The Morgan fingerprint density at radius 2 is 2.05 bits per heavy atom. The Morgan fingerprint density at radius 3 is 2.62 bits per heavy atom. The van der Waals surface area contributed by atoms with E-state index in [9.17, 15) is 12.8 Å². The molecular formula is C14H16ClFN2O2S. The van der Waals surface area contributed by atoms with E-state index in [1.165, 1.54) is 29.6 Å². The normalized spacial score (nSPS) is 12.0. The highest BCUT2D eigenvalue weighted by atomic mass is 35.5. The highest BCUT2D eigenvalue weighted by molar-refractivity contribution is 7.88. The maximum absolute atomic E-state index is 13.1. The molecule has 4 nitrogen and oxygen atoms in total. The zero-order valence-electron chi connectivity index (χ0n) is 11.8. The molecule has 21 heavy (non-hydrogen) atoms. The Kier molecular flexibility index (Phi) is 4.70. The van der Waals surface area contributed by atoms with E-state index in [-0.39, 0.29) is 17.3 Å². The minimum Gasteiger partial charge on any atom is -0.353 e. The molecule has 0 radical (unpaired) electrons. The first-order valence-electron chi connectivity index (χ1n) is 6.28. The van der Waals surface area contributed by atoms with E-state index in [4.69, 9.17) is 11.6 Å². The lowest BCUT2D eigenvalue weighted by Crippen LogP contribution is -2.28. The number of benzene rings is 1. The summed E-state index contributed by atoms with van der Waals surface area (Å²) >= 11 is 5.67. The van der Waals surface area contributed by atoms with Gasteiger partial charge in [-0.05, 0) is 29.8 Å². The topological polar surface area (TPSA) is 42.3 Å². The van der Waals surface area contributed by atoms with E-state index in [1.54, 1.807) is 0 Å². The third-order valence-corrected chi connectivity index (χ3v) is 5.31. The number of aromatic nitrogens is 1. The van der Waals surface area contributed by atoms with E-state index >= 15 is 0 Å². The molecular weight excluding hydrogens is 315 g/mol. The quantitative estimate of drug-likeness (QED) is 0.846. The molecule has 0 atom stereocenters. The van der Waals surface area contributed by atoms with Crippen molar-refractivity contribution in [3.63, 3.8) is 0 Å². The fourth-order valence-electron chi connectivity index (χ4n) is 1.94. The van der Waals surface area contributed by atoms with Crippen LogP contribution < -0.4 is 0 Å². The van der Waals surface area contributed by atoms with Gasteiger partial charge in [-0.1, -0.05) is 17.7 Å². The summed E-state index contributed by atoms with van der Waals surface area (Å²) in [7, 11) is -0.119. The van der Waals surface area contributed by atoms with Crippen LogP contribution in [0.25, 0.3) is 0 Å². The number of nitrogens with zero attached hydrogens (tertiary/aromatic N) is 2. The number of aryl methyl sites for hydroxylation is 1. The molecule has 114 valence electrons. The zero-order chi connectivity index (χ0) is 15.6. The molecule has 0 saturated carbocycles. The highest BCUT2D eigenvalue weighted by Crippen LogP contribution is 2.19. The van der Waals surface area contributed by atoms with Crippen molar-refractivity contribution in [2.45, 2.75) is 12.3 Å². The summed E-state index contributed by atoms with van der Waals surface area (Å²) in [5, 5.41) is -0.0761. The van der Waals surface area contributed by atoms with Gasteiger partial charge in [-0.2, -0.15) is 4.31 Å². The predicted octanol–water partition coefficient (Wildman–Crippen LogP) is 2.78. The Bertz CT molecular complexity index is 743. The summed E-state index contributed by atoms with van der Waals surface area (Å²) in [5.74, 6) is -0.775. The maximum atomic E-state index is 13.1. The molecule has 1 aromatic heterocycles. The van der Waals surface area contributed by atoms with Gasteiger partial charge in [0.25, 0.3) is 0 Å². The molecule has 0 amide bonds. The molecule has 0 bridgehead atoms. The molecule has 2 aromatic rings. The van der Waals surface area contributed by atoms with Crippen LogP contribution in [0, 0.1) is 5.82 Å². The van der Waals surface area contributed by atoms with Crippen molar-refractivity contribution in [3.8, 4) is 0 Å². The smallest absolute Gasteiger partial charge is 0.218 e. The van der Waals surface area contributed by atoms with Crippen LogP contribution in [0.15, 0.2) is 36.5 Å². The SMILES string of the molecule is CN(Cc1cccn1C)S(=O)(=O)Cc1ccc(F)c(Cl)c1. The van der Waals surface area contributed by atoms with E-state index in [0.717, 1.165) is 5.69 Å². The summed E-state index contributed by atoms with van der Waals surface area (Å²) in [6, 6.07) is 7.65. The second-order valence-electron chi connectivity index (χ2n) is 4.87. The minimum atomic E-state index is -3.50. The van der Waals surface area contributed by atoms with Crippen LogP contribution in [0.1, 0.15) is 11.3 Å². The molecule has 1 heterocycles. The van der Waals surface area contributed by atoms with Crippen LogP contribution in [-0.4, -0.2) is 24.3 Å². The first-order chi connectivity index (χ1) is 9.79. The molecule has 0 unspecified atom stereocenters. The van der Waals surface area contributed by atoms with Gasteiger partial charge in [-0.3, -0.25) is 0 Å². The molecule has 0 fully saturated rings. The first kappa shape index (κ1) is 16.0. The summed E-state index contributed by atoms with van der Waals surface area (Å²) in [5.41, 5.74) is 1.35. The van der Waals surface area contributed by atoms with Crippen molar-refractivity contribution >= 4 is 21.6 Å². The number of hydrogen-bond acceptors (Lipinski definition) is 2. The lowest BCUT2D eigenvalue weighted by atomic mass is 10.2. The molecule has 0 spiro atoms. The monoisotopic (exact) mass is 330 g/mol. The van der Waals surface area contributed by atoms with Crippen molar-refractivity contribution in [1.82, 2.24) is 8.87 Å². The second-order valence-corrected chi connectivity index (χ2v) is 7.35. The standard InChI is InChI=1S/C14H16ClFN2O2S/c1-17-7-3-4-12(17)9-18(2)21(19,20)10-11-5-6-14(16)13(15)8-11/h3-8H,9-10H2,1-2H3. The number of rotatable bonds is 5. The second kappa shape index (κ2) is 6.17. The van der Waals surface area contributed by atoms with Crippen LogP contribution >= 0.6 is 11.6 Å².